The second kappa shape index (κ2) is 7.33. The largest absolute Gasteiger partial charge is 0.462 e. The van der Waals surface area contributed by atoms with E-state index in [9.17, 15) is 15.1 Å². The summed E-state index contributed by atoms with van der Waals surface area (Å²) in [6.07, 6.45) is 8.20. The van der Waals surface area contributed by atoms with E-state index in [1.807, 2.05) is 0 Å². The maximum atomic E-state index is 11.4. The molecule has 0 heterocycles. The Kier molecular flexibility index (Phi) is 5.33. The number of allylic oxidation sites excluding steroid dienone is 1. The van der Waals surface area contributed by atoms with Crippen LogP contribution in [0.5, 0.6) is 0 Å². The lowest BCUT2D eigenvalue weighted by atomic mass is 9.46. The van der Waals surface area contributed by atoms with Crippen LogP contribution in [0.2, 0.25) is 0 Å². The van der Waals surface area contributed by atoms with Gasteiger partial charge in [0, 0.05) is 25.9 Å². The molecule has 0 radical (unpaired) electrons. The SMILES string of the molecule is CO[C@@]1(/C(C)=N\O)[C@H](O)C[C@H]2[C@@H]3CC=C4C[C@@H](OC(C)=O)CC[C@]4(C)[C@H]3CC[C@@]21C. The lowest BCUT2D eigenvalue weighted by Crippen LogP contribution is -2.60. The fraction of sp³-hybridized carbons (Fsp3) is 0.833. The van der Waals surface area contributed by atoms with Crippen molar-refractivity contribution in [1.82, 2.24) is 0 Å². The van der Waals surface area contributed by atoms with Gasteiger partial charge in [-0.25, -0.2) is 0 Å². The predicted octanol–water partition coefficient (Wildman–Crippen LogP) is 4.09. The number of carbonyl (C=O) groups is 1. The van der Waals surface area contributed by atoms with E-state index in [1.165, 1.54) is 12.5 Å². The number of carbonyl (C=O) groups excluding carboxylic acids is 1. The van der Waals surface area contributed by atoms with Crippen LogP contribution in [-0.2, 0) is 14.3 Å². The average Bonchev–Trinajstić information content (AvgIpc) is 2.94. The molecule has 4 aliphatic carbocycles. The molecule has 0 bridgehead atoms. The molecule has 168 valence electrons. The maximum absolute atomic E-state index is 11.4. The number of aliphatic hydroxyl groups is 1. The quantitative estimate of drug-likeness (QED) is 0.236. The highest BCUT2D eigenvalue weighted by Gasteiger charge is 2.69. The molecule has 0 aromatic carbocycles. The molecule has 3 saturated carbocycles. The Labute approximate surface area is 179 Å². The third-order valence-corrected chi connectivity index (χ3v) is 9.59. The average molecular weight is 420 g/mol. The molecular weight excluding hydrogens is 382 g/mol. The highest BCUT2D eigenvalue weighted by molar-refractivity contribution is 5.92. The van der Waals surface area contributed by atoms with Crippen molar-refractivity contribution in [1.29, 1.82) is 0 Å². The zero-order chi connectivity index (χ0) is 21.9. The summed E-state index contributed by atoms with van der Waals surface area (Å²) in [5.74, 6) is 1.15. The summed E-state index contributed by atoms with van der Waals surface area (Å²) in [5, 5.41) is 24.2. The van der Waals surface area contributed by atoms with Crippen LogP contribution in [0.15, 0.2) is 16.8 Å². The van der Waals surface area contributed by atoms with Gasteiger partial charge in [0.2, 0.25) is 0 Å². The van der Waals surface area contributed by atoms with Crippen LogP contribution in [0.25, 0.3) is 0 Å². The van der Waals surface area contributed by atoms with Gasteiger partial charge in [-0.2, -0.15) is 0 Å². The third kappa shape index (κ3) is 2.75. The summed E-state index contributed by atoms with van der Waals surface area (Å²) in [4.78, 5) is 11.4. The van der Waals surface area contributed by atoms with Gasteiger partial charge in [-0.05, 0) is 68.6 Å². The first-order chi connectivity index (χ1) is 14.1. The zero-order valence-electron chi connectivity index (χ0n) is 19.0. The first kappa shape index (κ1) is 21.8. The van der Waals surface area contributed by atoms with Gasteiger partial charge in [0.05, 0.1) is 11.8 Å². The number of fused-ring (bicyclic) bond motifs is 5. The number of ether oxygens (including phenoxy) is 2. The second-order valence-corrected chi connectivity index (χ2v) is 10.6. The molecule has 4 aliphatic rings. The standard InChI is InChI=1S/C24H37NO5/c1-14(25-28)24(29-5)21(27)13-20-18-7-6-16-12-17(30-15(2)26)8-10-22(16,3)19(18)9-11-23(20,24)4/h6,17-21,27-28H,7-13H2,1-5H3/b25-14-/t17-,18+,19-,20-,21+,22-,23-,24-/m0/s1. The van der Waals surface area contributed by atoms with E-state index in [0.29, 0.717) is 29.9 Å². The van der Waals surface area contributed by atoms with Crippen molar-refractivity contribution in [2.24, 2.45) is 33.7 Å². The molecule has 8 atom stereocenters. The summed E-state index contributed by atoms with van der Waals surface area (Å²) in [7, 11) is 1.63. The number of methoxy groups -OCH3 is 1. The smallest absolute Gasteiger partial charge is 0.302 e. The van der Waals surface area contributed by atoms with Crippen LogP contribution in [0.4, 0.5) is 0 Å². The lowest BCUT2D eigenvalue weighted by Gasteiger charge is -2.59. The van der Waals surface area contributed by atoms with Gasteiger partial charge in [0.15, 0.2) is 0 Å². The molecule has 6 nitrogen and oxygen atoms in total. The molecule has 4 rings (SSSR count). The van der Waals surface area contributed by atoms with Gasteiger partial charge in [-0.3, -0.25) is 4.79 Å². The molecule has 30 heavy (non-hydrogen) atoms. The summed E-state index contributed by atoms with van der Waals surface area (Å²) in [6.45, 7) is 7.88. The van der Waals surface area contributed by atoms with Gasteiger partial charge in [-0.15, -0.1) is 0 Å². The van der Waals surface area contributed by atoms with Gasteiger partial charge >= 0.3 is 5.97 Å². The number of nitrogens with zero attached hydrogens (tertiary/aromatic N) is 1. The van der Waals surface area contributed by atoms with E-state index in [1.54, 1.807) is 14.0 Å². The maximum Gasteiger partial charge on any atom is 0.302 e. The minimum absolute atomic E-state index is 0.00471. The van der Waals surface area contributed by atoms with E-state index in [4.69, 9.17) is 9.47 Å². The fourth-order valence-electron chi connectivity index (χ4n) is 8.21. The highest BCUT2D eigenvalue weighted by atomic mass is 16.5. The van der Waals surface area contributed by atoms with Crippen molar-refractivity contribution >= 4 is 11.7 Å². The van der Waals surface area contributed by atoms with E-state index in [0.717, 1.165) is 38.5 Å². The molecule has 0 spiro atoms. The molecule has 0 amide bonds. The Morgan fingerprint density at radius 1 is 1.20 bits per heavy atom. The molecule has 6 heteroatoms. The Hall–Kier alpha value is -1.40. The minimum Gasteiger partial charge on any atom is -0.462 e. The first-order valence-corrected chi connectivity index (χ1v) is 11.4. The number of oxime groups is 1. The number of esters is 1. The Bertz CT molecular complexity index is 778. The van der Waals surface area contributed by atoms with Gasteiger partial charge < -0.3 is 19.8 Å². The Balaban J connectivity index is 1.66. The molecular formula is C24H37NO5. The number of rotatable bonds is 3. The normalized spacial score (nSPS) is 48.3. The topological polar surface area (TPSA) is 88.3 Å². The summed E-state index contributed by atoms with van der Waals surface area (Å²) in [6, 6.07) is 0. The van der Waals surface area contributed by atoms with E-state index >= 15 is 0 Å². The fourth-order valence-corrected chi connectivity index (χ4v) is 8.21. The molecule has 0 unspecified atom stereocenters. The van der Waals surface area contributed by atoms with Crippen LogP contribution < -0.4 is 0 Å². The van der Waals surface area contributed by atoms with Crippen molar-refractivity contribution in [3.63, 3.8) is 0 Å². The van der Waals surface area contributed by atoms with E-state index in [2.05, 4.69) is 25.1 Å². The lowest BCUT2D eigenvalue weighted by molar-refractivity contribution is -0.149. The summed E-state index contributed by atoms with van der Waals surface area (Å²) in [5.41, 5.74) is 0.852. The third-order valence-electron chi connectivity index (χ3n) is 9.59. The summed E-state index contributed by atoms with van der Waals surface area (Å²) < 4.78 is 11.5. The van der Waals surface area contributed by atoms with E-state index < -0.39 is 11.7 Å². The van der Waals surface area contributed by atoms with Crippen molar-refractivity contribution in [2.75, 3.05) is 7.11 Å². The Morgan fingerprint density at radius 2 is 1.93 bits per heavy atom. The monoisotopic (exact) mass is 419 g/mol. The molecule has 0 aliphatic heterocycles. The van der Waals surface area contributed by atoms with Gasteiger partial charge in [0.25, 0.3) is 0 Å². The molecule has 2 N–H and O–H groups in total. The molecule has 0 aromatic rings. The molecule has 3 fully saturated rings. The minimum atomic E-state index is -0.935. The van der Waals surface area contributed by atoms with Gasteiger partial charge in [-0.1, -0.05) is 30.7 Å². The van der Waals surface area contributed by atoms with E-state index in [-0.39, 0.29) is 22.9 Å². The summed E-state index contributed by atoms with van der Waals surface area (Å²) >= 11 is 0. The van der Waals surface area contributed by atoms with Crippen molar-refractivity contribution < 1.29 is 24.6 Å². The number of aliphatic hydroxyl groups excluding tert-OH is 1. The zero-order valence-corrected chi connectivity index (χ0v) is 19.0. The van der Waals surface area contributed by atoms with Crippen LogP contribution in [0.1, 0.15) is 72.6 Å². The van der Waals surface area contributed by atoms with Crippen molar-refractivity contribution in [3.05, 3.63) is 11.6 Å². The van der Waals surface area contributed by atoms with Crippen molar-refractivity contribution in [3.8, 4) is 0 Å². The van der Waals surface area contributed by atoms with Crippen LogP contribution >= 0.6 is 0 Å². The molecule has 0 aromatic heterocycles. The Morgan fingerprint density at radius 3 is 2.57 bits per heavy atom. The predicted molar refractivity (Wildman–Crippen MR) is 113 cm³/mol. The highest BCUT2D eigenvalue weighted by Crippen LogP contribution is 2.68. The first-order valence-electron chi connectivity index (χ1n) is 11.4. The number of hydrogen-bond donors (Lipinski definition) is 2. The molecule has 0 saturated heterocycles. The van der Waals surface area contributed by atoms with Gasteiger partial charge in [0.1, 0.15) is 11.7 Å². The van der Waals surface area contributed by atoms with Crippen molar-refractivity contribution in [2.45, 2.75) is 90.4 Å². The van der Waals surface area contributed by atoms with Crippen LogP contribution in [0, 0.1) is 28.6 Å². The number of hydrogen-bond acceptors (Lipinski definition) is 6. The van der Waals surface area contributed by atoms with Crippen LogP contribution in [-0.4, -0.2) is 46.9 Å². The second-order valence-electron chi connectivity index (χ2n) is 10.6. The van der Waals surface area contributed by atoms with Crippen LogP contribution in [0.3, 0.4) is 0 Å².